The standard InChI is InChI=1S/C13H23NO3/c1-4-9(2)10(3)12(15)14-8-6-5-7-11(14)13(16)17/h9-11H,4-8H2,1-3H3,(H,16,17)/t9?,10?,11-/m1/s1. The Morgan fingerprint density at radius 1 is 1.35 bits per heavy atom. The van der Waals surface area contributed by atoms with Crippen LogP contribution in [0.2, 0.25) is 0 Å². The molecule has 0 aromatic heterocycles. The molecule has 1 aliphatic heterocycles. The first-order valence-corrected chi connectivity index (χ1v) is 6.52. The van der Waals surface area contributed by atoms with Crippen LogP contribution in [0.25, 0.3) is 0 Å². The first-order valence-electron chi connectivity index (χ1n) is 6.52. The maximum atomic E-state index is 12.3. The van der Waals surface area contributed by atoms with Crippen molar-refractivity contribution in [3.05, 3.63) is 0 Å². The lowest BCUT2D eigenvalue weighted by molar-refractivity contribution is -0.154. The van der Waals surface area contributed by atoms with Crippen LogP contribution in [-0.2, 0) is 9.59 Å². The van der Waals surface area contributed by atoms with Crippen molar-refractivity contribution >= 4 is 11.9 Å². The van der Waals surface area contributed by atoms with E-state index >= 15 is 0 Å². The zero-order valence-corrected chi connectivity index (χ0v) is 11.0. The van der Waals surface area contributed by atoms with Crippen LogP contribution in [0.15, 0.2) is 0 Å². The number of carbonyl (C=O) groups is 2. The number of hydrogen-bond acceptors (Lipinski definition) is 2. The topological polar surface area (TPSA) is 57.6 Å². The summed E-state index contributed by atoms with van der Waals surface area (Å²) in [5.41, 5.74) is 0. The minimum absolute atomic E-state index is 0.00597. The molecular weight excluding hydrogens is 218 g/mol. The lowest BCUT2D eigenvalue weighted by Crippen LogP contribution is -2.50. The van der Waals surface area contributed by atoms with Crippen molar-refractivity contribution in [3.8, 4) is 0 Å². The maximum Gasteiger partial charge on any atom is 0.326 e. The third kappa shape index (κ3) is 3.20. The van der Waals surface area contributed by atoms with E-state index in [1.165, 1.54) is 0 Å². The van der Waals surface area contributed by atoms with E-state index in [2.05, 4.69) is 6.92 Å². The Morgan fingerprint density at radius 3 is 2.53 bits per heavy atom. The molecule has 1 fully saturated rings. The van der Waals surface area contributed by atoms with Gasteiger partial charge in [-0.15, -0.1) is 0 Å². The van der Waals surface area contributed by atoms with E-state index in [-0.39, 0.29) is 11.8 Å². The molecule has 2 unspecified atom stereocenters. The maximum absolute atomic E-state index is 12.3. The van der Waals surface area contributed by atoms with Gasteiger partial charge in [-0.05, 0) is 25.2 Å². The Morgan fingerprint density at radius 2 is 2.00 bits per heavy atom. The van der Waals surface area contributed by atoms with Gasteiger partial charge in [-0.1, -0.05) is 27.2 Å². The van der Waals surface area contributed by atoms with Crippen molar-refractivity contribution in [1.29, 1.82) is 0 Å². The van der Waals surface area contributed by atoms with Crippen molar-refractivity contribution in [1.82, 2.24) is 4.90 Å². The largest absolute Gasteiger partial charge is 0.480 e. The smallest absolute Gasteiger partial charge is 0.326 e. The zero-order chi connectivity index (χ0) is 13.0. The molecule has 3 atom stereocenters. The van der Waals surface area contributed by atoms with Crippen LogP contribution in [0.1, 0.15) is 46.5 Å². The second-order valence-corrected chi connectivity index (χ2v) is 5.06. The van der Waals surface area contributed by atoms with E-state index < -0.39 is 12.0 Å². The summed E-state index contributed by atoms with van der Waals surface area (Å²) in [5, 5.41) is 9.14. The molecule has 4 nitrogen and oxygen atoms in total. The van der Waals surface area contributed by atoms with Crippen molar-refractivity contribution in [3.63, 3.8) is 0 Å². The molecule has 0 saturated carbocycles. The molecule has 1 heterocycles. The van der Waals surface area contributed by atoms with Crippen LogP contribution < -0.4 is 0 Å². The van der Waals surface area contributed by atoms with Gasteiger partial charge in [0.2, 0.25) is 5.91 Å². The number of nitrogens with zero attached hydrogens (tertiary/aromatic N) is 1. The predicted molar refractivity (Wildman–Crippen MR) is 65.6 cm³/mol. The molecule has 0 aromatic carbocycles. The molecule has 1 aliphatic rings. The highest BCUT2D eigenvalue weighted by molar-refractivity contribution is 5.85. The first kappa shape index (κ1) is 14.0. The fourth-order valence-corrected chi connectivity index (χ4v) is 2.31. The third-order valence-corrected chi connectivity index (χ3v) is 3.96. The Labute approximate surface area is 103 Å². The summed E-state index contributed by atoms with van der Waals surface area (Å²) < 4.78 is 0. The van der Waals surface area contributed by atoms with Gasteiger partial charge in [0.25, 0.3) is 0 Å². The fraction of sp³-hybridized carbons (Fsp3) is 0.846. The van der Waals surface area contributed by atoms with E-state index in [0.29, 0.717) is 18.9 Å². The van der Waals surface area contributed by atoms with Crippen molar-refractivity contribution < 1.29 is 14.7 Å². The Bertz CT molecular complexity index is 290. The highest BCUT2D eigenvalue weighted by Gasteiger charge is 2.34. The zero-order valence-electron chi connectivity index (χ0n) is 11.0. The Kier molecular flexibility index (Phi) is 4.97. The van der Waals surface area contributed by atoms with Crippen LogP contribution in [-0.4, -0.2) is 34.5 Å². The highest BCUT2D eigenvalue weighted by Crippen LogP contribution is 2.23. The molecule has 1 N–H and O–H groups in total. The third-order valence-electron chi connectivity index (χ3n) is 3.96. The van der Waals surface area contributed by atoms with Gasteiger partial charge in [0.1, 0.15) is 6.04 Å². The normalized spacial score (nSPS) is 24.2. The van der Waals surface area contributed by atoms with Gasteiger partial charge in [-0.25, -0.2) is 4.79 Å². The minimum Gasteiger partial charge on any atom is -0.480 e. The number of carbonyl (C=O) groups excluding carboxylic acids is 1. The van der Waals surface area contributed by atoms with Crippen molar-refractivity contribution in [2.24, 2.45) is 11.8 Å². The van der Waals surface area contributed by atoms with Crippen LogP contribution >= 0.6 is 0 Å². The number of carboxylic acid groups (broad SMARTS) is 1. The summed E-state index contributed by atoms with van der Waals surface area (Å²) in [5.74, 6) is -0.639. The average molecular weight is 241 g/mol. The number of amides is 1. The van der Waals surface area contributed by atoms with Gasteiger partial charge in [-0.3, -0.25) is 4.79 Å². The van der Waals surface area contributed by atoms with Gasteiger partial charge < -0.3 is 10.0 Å². The van der Waals surface area contributed by atoms with E-state index in [4.69, 9.17) is 5.11 Å². The van der Waals surface area contributed by atoms with Gasteiger partial charge in [0.15, 0.2) is 0 Å². The molecule has 0 radical (unpaired) electrons. The molecule has 0 bridgehead atoms. The highest BCUT2D eigenvalue weighted by atomic mass is 16.4. The Balaban J connectivity index is 2.74. The molecule has 0 spiro atoms. The van der Waals surface area contributed by atoms with E-state index in [1.807, 2.05) is 13.8 Å². The number of carboxylic acids is 1. The van der Waals surface area contributed by atoms with E-state index in [0.717, 1.165) is 19.3 Å². The summed E-state index contributed by atoms with van der Waals surface area (Å²) in [6.45, 7) is 6.60. The molecule has 98 valence electrons. The summed E-state index contributed by atoms with van der Waals surface area (Å²) >= 11 is 0. The van der Waals surface area contributed by atoms with E-state index in [9.17, 15) is 9.59 Å². The van der Waals surface area contributed by atoms with Crippen molar-refractivity contribution in [2.75, 3.05) is 6.54 Å². The van der Waals surface area contributed by atoms with Gasteiger partial charge >= 0.3 is 5.97 Å². The van der Waals surface area contributed by atoms with Gasteiger partial charge in [0, 0.05) is 12.5 Å². The SMILES string of the molecule is CCC(C)C(C)C(=O)N1CCCC[C@@H]1C(=O)O. The molecule has 1 amide bonds. The first-order chi connectivity index (χ1) is 7.99. The monoisotopic (exact) mass is 241 g/mol. The average Bonchev–Trinajstić information content (AvgIpc) is 2.35. The summed E-state index contributed by atoms with van der Waals surface area (Å²) in [6, 6.07) is -0.609. The fourth-order valence-electron chi connectivity index (χ4n) is 2.31. The summed E-state index contributed by atoms with van der Waals surface area (Å²) in [7, 11) is 0. The van der Waals surface area contributed by atoms with Gasteiger partial charge in [0.05, 0.1) is 0 Å². The predicted octanol–water partition coefficient (Wildman–Crippen LogP) is 2.13. The molecule has 0 aromatic rings. The minimum atomic E-state index is -0.866. The van der Waals surface area contributed by atoms with Crippen molar-refractivity contribution in [2.45, 2.75) is 52.5 Å². The molecular formula is C13H23NO3. The number of rotatable bonds is 4. The lowest BCUT2D eigenvalue weighted by Gasteiger charge is -2.35. The molecule has 1 rings (SSSR count). The lowest BCUT2D eigenvalue weighted by atomic mass is 9.90. The Hall–Kier alpha value is -1.06. The summed E-state index contributed by atoms with van der Waals surface area (Å²) in [4.78, 5) is 25.0. The molecule has 17 heavy (non-hydrogen) atoms. The molecule has 4 heteroatoms. The number of piperidine rings is 1. The van der Waals surface area contributed by atoms with Crippen LogP contribution in [0.3, 0.4) is 0 Å². The quantitative estimate of drug-likeness (QED) is 0.820. The number of aliphatic carboxylic acids is 1. The number of hydrogen-bond donors (Lipinski definition) is 1. The van der Waals surface area contributed by atoms with Crippen LogP contribution in [0, 0.1) is 11.8 Å². The second-order valence-electron chi connectivity index (χ2n) is 5.06. The van der Waals surface area contributed by atoms with Gasteiger partial charge in [-0.2, -0.15) is 0 Å². The second kappa shape index (κ2) is 6.03. The molecule has 1 saturated heterocycles. The summed E-state index contributed by atoms with van der Waals surface area (Å²) in [6.07, 6.45) is 3.36. The van der Waals surface area contributed by atoms with Crippen LogP contribution in [0.5, 0.6) is 0 Å². The number of likely N-dealkylation sites (tertiary alicyclic amines) is 1. The van der Waals surface area contributed by atoms with Crippen LogP contribution in [0.4, 0.5) is 0 Å². The van der Waals surface area contributed by atoms with E-state index in [1.54, 1.807) is 4.90 Å². The molecule has 0 aliphatic carbocycles.